The summed E-state index contributed by atoms with van der Waals surface area (Å²) in [6.45, 7) is 0. The Balaban J connectivity index is 1.28. The van der Waals surface area contributed by atoms with E-state index in [0.717, 1.165) is 27.9 Å². The maximum absolute atomic E-state index is 5.14. The van der Waals surface area contributed by atoms with Crippen molar-refractivity contribution in [3.8, 4) is 33.8 Å². The molecular weight excluding hydrogens is 512 g/mol. The fraction of sp³-hybridized carbons (Fsp3) is 0. The summed E-state index contributed by atoms with van der Waals surface area (Å²) in [6.07, 6.45) is 5.88. The highest BCUT2D eigenvalue weighted by Gasteiger charge is 2.25. The number of nitrogens with zero attached hydrogens (tertiary/aromatic N) is 4. The van der Waals surface area contributed by atoms with E-state index in [1.165, 1.54) is 60.2 Å². The fourth-order valence-corrected chi connectivity index (χ4v) is 7.27. The molecule has 4 heterocycles. The average Bonchev–Trinajstić information content (AvgIpc) is 3.68. The van der Waals surface area contributed by atoms with Crippen LogP contribution in [0.4, 0.5) is 0 Å². The summed E-state index contributed by atoms with van der Waals surface area (Å²) in [5.74, 6) is 0.951. The predicted molar refractivity (Wildman–Crippen MR) is 173 cm³/mol. The van der Waals surface area contributed by atoms with Crippen molar-refractivity contribution in [1.29, 1.82) is 0 Å². The average molecular weight is 535 g/mol. The van der Waals surface area contributed by atoms with Crippen LogP contribution < -0.4 is 0 Å². The van der Waals surface area contributed by atoms with Crippen LogP contribution >= 0.6 is 0 Å². The number of pyridine rings is 2. The van der Waals surface area contributed by atoms with Crippen LogP contribution in [0.5, 0.6) is 0 Å². The Labute approximate surface area is 240 Å². The molecule has 4 nitrogen and oxygen atoms in total. The molecule has 194 valence electrons. The van der Waals surface area contributed by atoms with Crippen molar-refractivity contribution < 1.29 is 0 Å². The van der Waals surface area contributed by atoms with Gasteiger partial charge in [-0.05, 0) is 53.6 Å². The van der Waals surface area contributed by atoms with Gasteiger partial charge in [0.25, 0.3) is 0 Å². The van der Waals surface area contributed by atoms with Crippen molar-refractivity contribution in [3.05, 3.63) is 134 Å². The molecule has 1 aliphatic carbocycles. The van der Waals surface area contributed by atoms with Gasteiger partial charge in [-0.15, -0.1) is 0 Å². The van der Waals surface area contributed by atoms with Crippen LogP contribution in [0.2, 0.25) is 0 Å². The molecule has 5 aromatic carbocycles. The van der Waals surface area contributed by atoms with Gasteiger partial charge >= 0.3 is 0 Å². The first-order chi connectivity index (χ1) is 20.9. The maximum Gasteiger partial charge on any atom is 0.145 e. The number of benzene rings is 5. The lowest BCUT2D eigenvalue weighted by atomic mass is 10.0. The van der Waals surface area contributed by atoms with Crippen molar-refractivity contribution in [3.63, 3.8) is 0 Å². The highest BCUT2D eigenvalue weighted by atomic mass is 15.1. The van der Waals surface area contributed by atoms with E-state index in [4.69, 9.17) is 4.98 Å². The van der Waals surface area contributed by atoms with E-state index in [9.17, 15) is 0 Å². The van der Waals surface area contributed by atoms with E-state index < -0.39 is 0 Å². The molecule has 0 saturated carbocycles. The summed E-state index contributed by atoms with van der Waals surface area (Å²) in [4.78, 5) is 9.56. The summed E-state index contributed by atoms with van der Waals surface area (Å²) in [7, 11) is 0. The van der Waals surface area contributed by atoms with E-state index >= 15 is 0 Å². The number of hydrogen-bond acceptors (Lipinski definition) is 2. The van der Waals surface area contributed by atoms with E-state index in [1.54, 1.807) is 0 Å². The lowest BCUT2D eigenvalue weighted by Gasteiger charge is -2.12. The topological polar surface area (TPSA) is 35.6 Å². The minimum absolute atomic E-state index is 0.951. The first kappa shape index (κ1) is 22.0. The Hall–Kier alpha value is -5.74. The van der Waals surface area contributed by atoms with Gasteiger partial charge in [0.2, 0.25) is 0 Å². The number of fused-ring (bicyclic) bond motifs is 9. The van der Waals surface area contributed by atoms with Crippen LogP contribution in [-0.4, -0.2) is 19.1 Å². The Morgan fingerprint density at radius 1 is 0.429 bits per heavy atom. The maximum atomic E-state index is 5.14. The molecule has 0 bridgehead atoms. The molecule has 0 radical (unpaired) electrons. The number of hydrogen-bond donors (Lipinski definition) is 0. The van der Waals surface area contributed by atoms with Crippen molar-refractivity contribution in [2.24, 2.45) is 0 Å². The van der Waals surface area contributed by atoms with Crippen molar-refractivity contribution >= 4 is 54.4 Å². The molecule has 4 aromatic heterocycles. The molecule has 9 aromatic rings. The molecule has 0 atom stereocenters. The number of para-hydroxylation sites is 3. The minimum atomic E-state index is 0.951. The van der Waals surface area contributed by atoms with Gasteiger partial charge < -0.3 is 4.57 Å². The van der Waals surface area contributed by atoms with Gasteiger partial charge in [0, 0.05) is 67.7 Å². The Bertz CT molecular complexity index is 2500. The van der Waals surface area contributed by atoms with Crippen LogP contribution in [-0.2, 0) is 0 Å². The largest absolute Gasteiger partial charge is 0.309 e. The zero-order chi connectivity index (χ0) is 27.4. The lowest BCUT2D eigenvalue weighted by Crippen LogP contribution is -1.99. The smallest absolute Gasteiger partial charge is 0.145 e. The molecule has 0 aliphatic heterocycles. The predicted octanol–water partition coefficient (Wildman–Crippen LogP) is 9.47. The van der Waals surface area contributed by atoms with Gasteiger partial charge in [-0.25, -0.2) is 4.98 Å². The van der Waals surface area contributed by atoms with Crippen LogP contribution in [0.3, 0.4) is 0 Å². The first-order valence-corrected chi connectivity index (χ1v) is 14.3. The zero-order valence-corrected chi connectivity index (χ0v) is 22.5. The number of aromatic nitrogens is 4. The van der Waals surface area contributed by atoms with E-state index in [2.05, 4.69) is 129 Å². The van der Waals surface area contributed by atoms with Crippen LogP contribution in [0.25, 0.3) is 88.1 Å². The van der Waals surface area contributed by atoms with Gasteiger partial charge in [-0.3, -0.25) is 9.55 Å². The third kappa shape index (κ3) is 2.71. The highest BCUT2D eigenvalue weighted by molar-refractivity contribution is 6.18. The van der Waals surface area contributed by atoms with E-state index in [1.807, 2.05) is 18.6 Å². The summed E-state index contributed by atoms with van der Waals surface area (Å²) in [5, 5.41) is 7.36. The highest BCUT2D eigenvalue weighted by Crippen LogP contribution is 2.48. The van der Waals surface area contributed by atoms with Crippen LogP contribution in [0.1, 0.15) is 0 Å². The zero-order valence-electron chi connectivity index (χ0n) is 22.5. The van der Waals surface area contributed by atoms with Gasteiger partial charge in [-0.2, -0.15) is 0 Å². The molecule has 0 saturated heterocycles. The molecule has 0 amide bonds. The van der Waals surface area contributed by atoms with Crippen molar-refractivity contribution in [2.75, 3.05) is 0 Å². The standard InChI is InChI=1S/C38H22N4/c1-4-13-33-25(8-1)26-9-2-5-14-34(26)41(33)23-16-17-36-30(20-23)27-10-3-6-15-35(27)42(36)38-29-12-7-11-28-31-21-39-19-18-24(31)32(22-40-38)37(28)29/h1-22H. The van der Waals surface area contributed by atoms with E-state index in [-0.39, 0.29) is 0 Å². The second-order valence-corrected chi connectivity index (χ2v) is 11.1. The van der Waals surface area contributed by atoms with Gasteiger partial charge in [0.15, 0.2) is 0 Å². The molecule has 42 heavy (non-hydrogen) atoms. The summed E-state index contributed by atoms with van der Waals surface area (Å²) >= 11 is 0. The van der Waals surface area contributed by atoms with Gasteiger partial charge in [0.05, 0.1) is 22.1 Å². The molecule has 10 rings (SSSR count). The minimum Gasteiger partial charge on any atom is -0.309 e. The molecule has 0 fully saturated rings. The van der Waals surface area contributed by atoms with Crippen molar-refractivity contribution in [1.82, 2.24) is 19.1 Å². The van der Waals surface area contributed by atoms with Crippen LogP contribution in [0, 0.1) is 0 Å². The second kappa shape index (κ2) is 7.93. The molecule has 0 spiro atoms. The van der Waals surface area contributed by atoms with Crippen LogP contribution in [0.15, 0.2) is 134 Å². The quantitative estimate of drug-likeness (QED) is 0.221. The summed E-state index contributed by atoms with van der Waals surface area (Å²) < 4.78 is 4.73. The Kier molecular flexibility index (Phi) is 4.15. The van der Waals surface area contributed by atoms with E-state index in [0.29, 0.717) is 0 Å². The molecule has 1 aliphatic rings. The third-order valence-electron chi connectivity index (χ3n) is 9.00. The number of rotatable bonds is 2. The molecular formula is C38H22N4. The molecule has 4 heteroatoms. The van der Waals surface area contributed by atoms with Crippen molar-refractivity contribution in [2.45, 2.75) is 0 Å². The molecule has 0 N–H and O–H groups in total. The SMILES string of the molecule is c1cc2c3c(cnc(-n4c5ccccc5c5cc(-n6c7ccccc7c7ccccc76)ccc54)c3c1)-c1ccncc1-2. The van der Waals surface area contributed by atoms with Gasteiger partial charge in [0.1, 0.15) is 5.82 Å². The Morgan fingerprint density at radius 2 is 1.07 bits per heavy atom. The third-order valence-corrected chi connectivity index (χ3v) is 9.00. The first-order valence-electron chi connectivity index (χ1n) is 14.3. The fourth-order valence-electron chi connectivity index (χ4n) is 7.27. The molecule has 0 unspecified atom stereocenters. The normalized spacial score (nSPS) is 12.3. The Morgan fingerprint density at radius 3 is 1.83 bits per heavy atom. The lowest BCUT2D eigenvalue weighted by molar-refractivity contribution is 1.10. The second-order valence-electron chi connectivity index (χ2n) is 11.1. The van der Waals surface area contributed by atoms with Gasteiger partial charge in [-0.1, -0.05) is 72.8 Å². The summed E-state index contributed by atoms with van der Waals surface area (Å²) in [6, 6.07) is 41.5. The summed E-state index contributed by atoms with van der Waals surface area (Å²) in [5.41, 5.74) is 10.7. The monoisotopic (exact) mass is 534 g/mol.